The van der Waals surface area contributed by atoms with E-state index in [1.807, 2.05) is 32.0 Å². The summed E-state index contributed by atoms with van der Waals surface area (Å²) < 4.78 is 0. The first kappa shape index (κ1) is 15.7. The second kappa shape index (κ2) is 6.20. The standard InChI is InChI=1S/C16H25NO2/c1-11-8-12(2)10-13(9-11)15(19)17-14(6-7-18)16(3,4)5/h8-10,14,18H,6-7H2,1-5H3,(H,17,19). The summed E-state index contributed by atoms with van der Waals surface area (Å²) in [7, 11) is 0. The summed E-state index contributed by atoms with van der Waals surface area (Å²) in [5.74, 6) is -0.0693. The van der Waals surface area contributed by atoms with Gasteiger partial charge in [-0.3, -0.25) is 4.79 Å². The molecule has 0 bridgehead atoms. The number of rotatable bonds is 4. The Labute approximate surface area is 116 Å². The third-order valence-electron chi connectivity index (χ3n) is 3.25. The zero-order valence-corrected chi connectivity index (χ0v) is 12.6. The lowest BCUT2D eigenvalue weighted by Crippen LogP contribution is -2.44. The van der Waals surface area contributed by atoms with Crippen LogP contribution in [-0.2, 0) is 0 Å². The predicted octanol–water partition coefficient (Wildman–Crippen LogP) is 2.83. The predicted molar refractivity (Wildman–Crippen MR) is 78.3 cm³/mol. The minimum Gasteiger partial charge on any atom is -0.396 e. The molecule has 19 heavy (non-hydrogen) atoms. The van der Waals surface area contributed by atoms with Crippen LogP contribution in [0.25, 0.3) is 0 Å². The first-order chi connectivity index (χ1) is 8.74. The molecule has 1 unspecified atom stereocenters. The molecule has 0 saturated carbocycles. The number of hydrogen-bond donors (Lipinski definition) is 2. The van der Waals surface area contributed by atoms with Crippen molar-refractivity contribution in [2.24, 2.45) is 5.41 Å². The number of aliphatic hydroxyl groups excluding tert-OH is 1. The first-order valence-electron chi connectivity index (χ1n) is 6.74. The van der Waals surface area contributed by atoms with Crippen LogP contribution in [0.4, 0.5) is 0 Å². The summed E-state index contributed by atoms with van der Waals surface area (Å²) in [6, 6.07) is 5.79. The molecular weight excluding hydrogens is 238 g/mol. The van der Waals surface area contributed by atoms with Crippen molar-refractivity contribution in [1.82, 2.24) is 5.32 Å². The number of benzene rings is 1. The second-order valence-electron chi connectivity index (χ2n) is 6.28. The number of aliphatic hydroxyl groups is 1. The van der Waals surface area contributed by atoms with Crippen LogP contribution >= 0.6 is 0 Å². The highest BCUT2D eigenvalue weighted by atomic mass is 16.3. The van der Waals surface area contributed by atoms with E-state index in [1.165, 1.54) is 0 Å². The Kier molecular flexibility index (Phi) is 5.12. The Bertz CT molecular complexity index is 426. The van der Waals surface area contributed by atoms with Crippen molar-refractivity contribution in [3.63, 3.8) is 0 Å². The van der Waals surface area contributed by atoms with Gasteiger partial charge >= 0.3 is 0 Å². The molecule has 1 amide bonds. The van der Waals surface area contributed by atoms with E-state index in [1.54, 1.807) is 0 Å². The summed E-state index contributed by atoms with van der Waals surface area (Å²) in [5.41, 5.74) is 2.78. The highest BCUT2D eigenvalue weighted by Crippen LogP contribution is 2.22. The average Bonchev–Trinajstić information content (AvgIpc) is 2.25. The van der Waals surface area contributed by atoms with E-state index < -0.39 is 0 Å². The highest BCUT2D eigenvalue weighted by molar-refractivity contribution is 5.94. The van der Waals surface area contributed by atoms with Crippen LogP contribution < -0.4 is 5.32 Å². The molecule has 0 saturated heterocycles. The van der Waals surface area contributed by atoms with Crippen LogP contribution in [0.5, 0.6) is 0 Å². The smallest absolute Gasteiger partial charge is 0.251 e. The monoisotopic (exact) mass is 263 g/mol. The third kappa shape index (κ3) is 4.67. The van der Waals surface area contributed by atoms with Crippen LogP contribution in [0.2, 0.25) is 0 Å². The largest absolute Gasteiger partial charge is 0.396 e. The van der Waals surface area contributed by atoms with Crippen molar-refractivity contribution < 1.29 is 9.90 Å². The number of carbonyl (C=O) groups is 1. The molecule has 2 N–H and O–H groups in total. The molecule has 1 atom stereocenters. The Morgan fingerprint density at radius 3 is 2.16 bits per heavy atom. The fourth-order valence-electron chi connectivity index (χ4n) is 2.20. The Hall–Kier alpha value is -1.35. The quantitative estimate of drug-likeness (QED) is 0.877. The van der Waals surface area contributed by atoms with E-state index in [0.717, 1.165) is 11.1 Å². The van der Waals surface area contributed by atoms with Crippen LogP contribution in [0.3, 0.4) is 0 Å². The van der Waals surface area contributed by atoms with Gasteiger partial charge in [-0.1, -0.05) is 38.0 Å². The molecule has 1 aromatic rings. The summed E-state index contributed by atoms with van der Waals surface area (Å²) in [4.78, 5) is 12.3. The van der Waals surface area contributed by atoms with Gasteiger partial charge in [-0.05, 0) is 37.8 Å². The number of nitrogens with one attached hydrogen (secondary N) is 1. The van der Waals surface area contributed by atoms with Crippen molar-refractivity contribution in [3.05, 3.63) is 34.9 Å². The van der Waals surface area contributed by atoms with E-state index in [4.69, 9.17) is 5.11 Å². The van der Waals surface area contributed by atoms with Crippen molar-refractivity contribution in [2.45, 2.75) is 47.1 Å². The Balaban J connectivity index is 2.87. The lowest BCUT2D eigenvalue weighted by molar-refractivity contribution is 0.0885. The maximum atomic E-state index is 12.3. The van der Waals surface area contributed by atoms with E-state index in [-0.39, 0.29) is 24.0 Å². The van der Waals surface area contributed by atoms with Crippen molar-refractivity contribution in [1.29, 1.82) is 0 Å². The molecule has 1 rings (SSSR count). The normalized spacial score (nSPS) is 13.2. The molecule has 0 spiro atoms. The van der Waals surface area contributed by atoms with Gasteiger partial charge in [0.2, 0.25) is 0 Å². The lowest BCUT2D eigenvalue weighted by Gasteiger charge is -2.31. The summed E-state index contributed by atoms with van der Waals surface area (Å²) in [6.45, 7) is 10.2. The molecule has 3 heteroatoms. The molecule has 0 aliphatic heterocycles. The SMILES string of the molecule is Cc1cc(C)cc(C(=O)NC(CCO)C(C)(C)C)c1. The third-order valence-corrected chi connectivity index (χ3v) is 3.25. The molecular formula is C16H25NO2. The maximum Gasteiger partial charge on any atom is 0.251 e. The van der Waals surface area contributed by atoms with Crippen molar-refractivity contribution in [3.8, 4) is 0 Å². The van der Waals surface area contributed by atoms with E-state index in [2.05, 4.69) is 26.1 Å². The fourth-order valence-corrected chi connectivity index (χ4v) is 2.20. The minimum absolute atomic E-state index is 0.0363. The second-order valence-corrected chi connectivity index (χ2v) is 6.28. The zero-order chi connectivity index (χ0) is 14.6. The summed E-state index contributed by atoms with van der Waals surface area (Å²) in [5, 5.41) is 12.2. The number of carbonyl (C=O) groups excluding carboxylic acids is 1. The molecule has 0 aliphatic carbocycles. The van der Waals surface area contributed by atoms with Gasteiger partial charge in [0.15, 0.2) is 0 Å². The number of hydrogen-bond acceptors (Lipinski definition) is 2. The molecule has 1 aromatic carbocycles. The van der Waals surface area contributed by atoms with Crippen molar-refractivity contribution in [2.75, 3.05) is 6.61 Å². The fraction of sp³-hybridized carbons (Fsp3) is 0.562. The van der Waals surface area contributed by atoms with Gasteiger partial charge in [0, 0.05) is 18.2 Å². The van der Waals surface area contributed by atoms with Crippen LogP contribution in [0, 0.1) is 19.3 Å². The Morgan fingerprint density at radius 1 is 1.21 bits per heavy atom. The van der Waals surface area contributed by atoms with Gasteiger partial charge < -0.3 is 10.4 Å². The molecule has 0 radical (unpaired) electrons. The first-order valence-corrected chi connectivity index (χ1v) is 6.74. The van der Waals surface area contributed by atoms with E-state index >= 15 is 0 Å². The molecule has 106 valence electrons. The van der Waals surface area contributed by atoms with Gasteiger partial charge in [0.1, 0.15) is 0 Å². The average molecular weight is 263 g/mol. The van der Waals surface area contributed by atoms with E-state index in [0.29, 0.717) is 12.0 Å². The maximum absolute atomic E-state index is 12.3. The Morgan fingerprint density at radius 2 is 1.74 bits per heavy atom. The number of amides is 1. The molecule has 3 nitrogen and oxygen atoms in total. The van der Waals surface area contributed by atoms with E-state index in [9.17, 15) is 4.79 Å². The van der Waals surface area contributed by atoms with Gasteiger partial charge in [-0.25, -0.2) is 0 Å². The number of aryl methyl sites for hydroxylation is 2. The molecule has 0 fully saturated rings. The molecule has 0 aliphatic rings. The van der Waals surface area contributed by atoms with Crippen molar-refractivity contribution >= 4 is 5.91 Å². The minimum atomic E-state index is -0.0722. The zero-order valence-electron chi connectivity index (χ0n) is 12.6. The van der Waals surface area contributed by atoms with Crippen LogP contribution in [0.15, 0.2) is 18.2 Å². The van der Waals surface area contributed by atoms with Crippen LogP contribution in [-0.4, -0.2) is 23.7 Å². The lowest BCUT2D eigenvalue weighted by atomic mass is 9.84. The van der Waals surface area contributed by atoms with Gasteiger partial charge in [-0.15, -0.1) is 0 Å². The summed E-state index contributed by atoms with van der Waals surface area (Å²) in [6.07, 6.45) is 0.569. The highest BCUT2D eigenvalue weighted by Gasteiger charge is 2.26. The summed E-state index contributed by atoms with van der Waals surface area (Å²) >= 11 is 0. The molecule has 0 aromatic heterocycles. The topological polar surface area (TPSA) is 49.3 Å². The molecule has 0 heterocycles. The van der Waals surface area contributed by atoms with Gasteiger partial charge in [0.05, 0.1) is 0 Å². The van der Waals surface area contributed by atoms with Crippen LogP contribution in [0.1, 0.15) is 48.7 Å². The van der Waals surface area contributed by atoms with Gasteiger partial charge in [0.25, 0.3) is 5.91 Å². The van der Waals surface area contributed by atoms with Gasteiger partial charge in [-0.2, -0.15) is 0 Å².